The number of ether oxygens (including phenoxy) is 1. The van der Waals surface area contributed by atoms with E-state index < -0.39 is 10.0 Å². The van der Waals surface area contributed by atoms with Crippen molar-refractivity contribution in [2.24, 2.45) is 0 Å². The Labute approximate surface area is 157 Å². The van der Waals surface area contributed by atoms with Gasteiger partial charge in [-0.1, -0.05) is 28.1 Å². The summed E-state index contributed by atoms with van der Waals surface area (Å²) in [5.41, 5.74) is 1.21. The lowest BCUT2D eigenvalue weighted by Gasteiger charge is -2.31. The minimum absolute atomic E-state index is 0.354. The van der Waals surface area contributed by atoms with Gasteiger partial charge in [-0.25, -0.2) is 8.42 Å². The van der Waals surface area contributed by atoms with E-state index >= 15 is 0 Å². The molecular weight excluding hydrogens is 404 g/mol. The van der Waals surface area contributed by atoms with Crippen LogP contribution in [0.5, 0.6) is 5.75 Å². The van der Waals surface area contributed by atoms with Gasteiger partial charge in [-0.05, 0) is 36.4 Å². The average Bonchev–Trinajstić information content (AvgIpc) is 2.63. The first-order valence-electron chi connectivity index (χ1n) is 8.21. The van der Waals surface area contributed by atoms with E-state index in [0.29, 0.717) is 18.0 Å². The molecule has 1 heterocycles. The molecule has 1 fully saturated rings. The lowest BCUT2D eigenvalue weighted by atomic mass is 10.2. The minimum atomic E-state index is -3.41. The first-order valence-corrected chi connectivity index (χ1v) is 10.4. The molecular formula is C18H22BrN2O3S+. The number of nitrogens with zero attached hydrogens (tertiary/aromatic N) is 1. The Bertz CT molecular complexity index is 816. The van der Waals surface area contributed by atoms with Crippen molar-refractivity contribution in [3.8, 4) is 5.75 Å². The van der Waals surface area contributed by atoms with Crippen LogP contribution in [0.25, 0.3) is 0 Å². The van der Waals surface area contributed by atoms with E-state index in [2.05, 4.69) is 22.0 Å². The van der Waals surface area contributed by atoms with E-state index in [-0.39, 0.29) is 0 Å². The van der Waals surface area contributed by atoms with Crippen LogP contribution in [0.1, 0.15) is 5.56 Å². The van der Waals surface area contributed by atoms with Gasteiger partial charge in [0.05, 0.1) is 38.2 Å². The molecule has 5 nitrogen and oxygen atoms in total. The summed E-state index contributed by atoms with van der Waals surface area (Å²) in [6, 6.07) is 14.9. The van der Waals surface area contributed by atoms with Crippen molar-refractivity contribution >= 4 is 26.0 Å². The standard InChI is InChI=1S/C18H21BrN2O3S/c1-24-17-4-2-3-15(13-17)14-20-9-11-21(12-10-20)25(22,23)18-7-5-16(19)6-8-18/h2-8,13H,9-12,14H2,1H3/p+1. The Hall–Kier alpha value is -1.41. The molecule has 1 N–H and O–H groups in total. The molecule has 0 amide bonds. The van der Waals surface area contributed by atoms with Crippen LogP contribution in [0.15, 0.2) is 57.9 Å². The van der Waals surface area contributed by atoms with Crippen molar-refractivity contribution in [1.82, 2.24) is 4.31 Å². The molecule has 3 rings (SSSR count). The molecule has 1 aliphatic rings. The summed E-state index contributed by atoms with van der Waals surface area (Å²) in [5, 5.41) is 0. The molecule has 2 aromatic rings. The van der Waals surface area contributed by atoms with Crippen LogP contribution < -0.4 is 9.64 Å². The van der Waals surface area contributed by atoms with Gasteiger partial charge < -0.3 is 9.64 Å². The van der Waals surface area contributed by atoms with Crippen LogP contribution in [0, 0.1) is 0 Å². The Kier molecular flexibility index (Phi) is 5.78. The summed E-state index contributed by atoms with van der Waals surface area (Å²) in [6.07, 6.45) is 0. The fraction of sp³-hybridized carbons (Fsp3) is 0.333. The van der Waals surface area contributed by atoms with Gasteiger partial charge in [-0.15, -0.1) is 0 Å². The zero-order valence-electron chi connectivity index (χ0n) is 14.1. The first-order chi connectivity index (χ1) is 12.0. The number of halogens is 1. The van der Waals surface area contributed by atoms with E-state index in [0.717, 1.165) is 29.9 Å². The van der Waals surface area contributed by atoms with Crippen molar-refractivity contribution in [2.75, 3.05) is 33.3 Å². The number of sulfonamides is 1. The monoisotopic (exact) mass is 425 g/mol. The van der Waals surface area contributed by atoms with Gasteiger partial charge in [0.25, 0.3) is 0 Å². The van der Waals surface area contributed by atoms with Crippen LogP contribution in [-0.2, 0) is 16.6 Å². The molecule has 1 saturated heterocycles. The topological polar surface area (TPSA) is 51.1 Å². The van der Waals surface area contributed by atoms with E-state index in [1.54, 1.807) is 35.7 Å². The van der Waals surface area contributed by atoms with Gasteiger partial charge >= 0.3 is 0 Å². The largest absolute Gasteiger partial charge is 0.497 e. The molecule has 0 aliphatic carbocycles. The average molecular weight is 426 g/mol. The van der Waals surface area contributed by atoms with Crippen LogP contribution >= 0.6 is 15.9 Å². The van der Waals surface area contributed by atoms with Crippen molar-refractivity contribution in [1.29, 1.82) is 0 Å². The second-order valence-corrected chi connectivity index (χ2v) is 8.99. The van der Waals surface area contributed by atoms with Gasteiger partial charge in [0.1, 0.15) is 12.3 Å². The highest BCUT2D eigenvalue weighted by Gasteiger charge is 2.30. The van der Waals surface area contributed by atoms with Gasteiger partial charge in [-0.3, -0.25) is 0 Å². The molecule has 0 saturated carbocycles. The van der Waals surface area contributed by atoms with E-state index in [9.17, 15) is 8.42 Å². The highest BCUT2D eigenvalue weighted by atomic mass is 79.9. The highest BCUT2D eigenvalue weighted by molar-refractivity contribution is 9.10. The molecule has 0 spiro atoms. The number of benzene rings is 2. The number of methoxy groups -OCH3 is 1. The van der Waals surface area contributed by atoms with Gasteiger partial charge in [0, 0.05) is 10.0 Å². The molecule has 134 valence electrons. The maximum atomic E-state index is 12.7. The van der Waals surface area contributed by atoms with Crippen molar-refractivity contribution < 1.29 is 18.1 Å². The Morgan fingerprint density at radius 3 is 2.44 bits per heavy atom. The number of rotatable bonds is 5. The Morgan fingerprint density at radius 2 is 1.80 bits per heavy atom. The van der Waals surface area contributed by atoms with Crippen LogP contribution in [0.3, 0.4) is 0 Å². The second-order valence-electron chi connectivity index (χ2n) is 6.14. The lowest BCUT2D eigenvalue weighted by molar-refractivity contribution is -0.917. The maximum Gasteiger partial charge on any atom is 0.243 e. The summed E-state index contributed by atoms with van der Waals surface area (Å²) in [6.45, 7) is 3.55. The summed E-state index contributed by atoms with van der Waals surface area (Å²) in [4.78, 5) is 1.74. The molecule has 0 aromatic heterocycles. The van der Waals surface area contributed by atoms with E-state index in [1.165, 1.54) is 10.5 Å². The van der Waals surface area contributed by atoms with Crippen molar-refractivity contribution in [3.05, 3.63) is 58.6 Å². The van der Waals surface area contributed by atoms with Crippen molar-refractivity contribution in [2.45, 2.75) is 11.4 Å². The quantitative estimate of drug-likeness (QED) is 0.790. The Morgan fingerprint density at radius 1 is 1.12 bits per heavy atom. The molecule has 7 heteroatoms. The first kappa shape index (κ1) is 18.4. The number of piperazine rings is 1. The van der Waals surface area contributed by atoms with Gasteiger partial charge in [0.15, 0.2) is 0 Å². The lowest BCUT2D eigenvalue weighted by Crippen LogP contribution is -3.13. The number of nitrogens with one attached hydrogen (secondary N) is 1. The summed E-state index contributed by atoms with van der Waals surface area (Å²) >= 11 is 3.34. The summed E-state index contributed by atoms with van der Waals surface area (Å²) in [7, 11) is -1.74. The maximum absolute atomic E-state index is 12.7. The molecule has 0 atom stereocenters. The van der Waals surface area contributed by atoms with Crippen LogP contribution in [0.2, 0.25) is 0 Å². The highest BCUT2D eigenvalue weighted by Crippen LogP contribution is 2.19. The SMILES string of the molecule is COc1cccc(C[NH+]2CCN(S(=O)(=O)c3ccc(Br)cc3)CC2)c1. The third-order valence-corrected chi connectivity index (χ3v) is 6.91. The molecule has 0 unspecified atom stereocenters. The molecule has 1 aliphatic heterocycles. The number of quaternary nitrogens is 1. The second kappa shape index (κ2) is 7.86. The summed E-state index contributed by atoms with van der Waals surface area (Å²) in [5.74, 6) is 0.855. The van der Waals surface area contributed by atoms with Crippen LogP contribution in [-0.4, -0.2) is 46.0 Å². The van der Waals surface area contributed by atoms with Gasteiger partial charge in [0.2, 0.25) is 10.0 Å². The minimum Gasteiger partial charge on any atom is -0.497 e. The third-order valence-electron chi connectivity index (χ3n) is 4.47. The predicted octanol–water partition coefficient (Wildman–Crippen LogP) is 1.55. The summed E-state index contributed by atoms with van der Waals surface area (Å²) < 4.78 is 33.2. The molecule has 0 bridgehead atoms. The predicted molar refractivity (Wildman–Crippen MR) is 100 cm³/mol. The smallest absolute Gasteiger partial charge is 0.243 e. The van der Waals surface area contributed by atoms with Crippen LogP contribution in [0.4, 0.5) is 0 Å². The fourth-order valence-corrected chi connectivity index (χ4v) is 4.75. The van der Waals surface area contributed by atoms with E-state index in [1.807, 2.05) is 18.2 Å². The van der Waals surface area contributed by atoms with Crippen molar-refractivity contribution in [3.63, 3.8) is 0 Å². The third kappa shape index (κ3) is 4.41. The van der Waals surface area contributed by atoms with Gasteiger partial charge in [-0.2, -0.15) is 4.31 Å². The number of hydrogen-bond donors (Lipinski definition) is 1. The fourth-order valence-electron chi connectivity index (χ4n) is 3.05. The molecule has 2 aromatic carbocycles. The van der Waals surface area contributed by atoms with E-state index in [4.69, 9.17) is 4.74 Å². The zero-order chi connectivity index (χ0) is 17.9. The molecule has 25 heavy (non-hydrogen) atoms. The Balaban J connectivity index is 1.62. The number of hydrogen-bond acceptors (Lipinski definition) is 3. The normalized spacial score (nSPS) is 16.7. The zero-order valence-corrected chi connectivity index (χ0v) is 16.5. The molecule has 0 radical (unpaired) electrons.